The maximum absolute atomic E-state index is 12.0. The summed E-state index contributed by atoms with van der Waals surface area (Å²) in [6.07, 6.45) is 0. The van der Waals surface area contributed by atoms with E-state index in [0.29, 0.717) is 10.6 Å². The molecule has 2 rings (SSSR count). The molecule has 1 amide bonds. The van der Waals surface area contributed by atoms with Crippen LogP contribution in [0.15, 0.2) is 29.1 Å². The van der Waals surface area contributed by atoms with Gasteiger partial charge in [-0.05, 0) is 30.7 Å². The van der Waals surface area contributed by atoms with Crippen LogP contribution in [-0.4, -0.2) is 15.6 Å². The number of amides is 1. The molecule has 2 aromatic rings. The smallest absolute Gasteiger partial charge is 0.258 e. The van der Waals surface area contributed by atoms with E-state index in [9.17, 15) is 14.7 Å². The quantitative estimate of drug-likeness (QED) is 0.892. The highest BCUT2D eigenvalue weighted by Gasteiger charge is 2.19. The summed E-state index contributed by atoms with van der Waals surface area (Å²) < 4.78 is 0.908. The zero-order chi connectivity index (χ0) is 15.0. The van der Waals surface area contributed by atoms with Crippen molar-refractivity contribution < 1.29 is 9.90 Å². The molecule has 1 aromatic heterocycles. The van der Waals surface area contributed by atoms with E-state index in [4.69, 9.17) is 28.9 Å². The molecule has 0 saturated carbocycles. The fourth-order valence-corrected chi connectivity index (χ4v) is 2.41. The van der Waals surface area contributed by atoms with Crippen LogP contribution in [0.2, 0.25) is 10.0 Å². The van der Waals surface area contributed by atoms with Gasteiger partial charge in [-0.2, -0.15) is 0 Å². The molecule has 0 radical (unpaired) electrons. The Labute approximate surface area is 124 Å². The summed E-state index contributed by atoms with van der Waals surface area (Å²) in [6, 6.07) is 5.60. The second-order valence-electron chi connectivity index (χ2n) is 4.16. The van der Waals surface area contributed by atoms with Gasteiger partial charge >= 0.3 is 0 Å². The number of nitrogens with two attached hydrogens (primary N) is 1. The minimum atomic E-state index is -0.834. The number of aryl methyl sites for hydroxylation is 1. The van der Waals surface area contributed by atoms with Crippen LogP contribution in [0.3, 0.4) is 0 Å². The maximum Gasteiger partial charge on any atom is 0.258 e. The van der Waals surface area contributed by atoms with Crippen molar-refractivity contribution in [1.29, 1.82) is 0 Å². The lowest BCUT2D eigenvalue weighted by Crippen LogP contribution is -2.23. The third-order valence-corrected chi connectivity index (χ3v) is 3.32. The van der Waals surface area contributed by atoms with Crippen LogP contribution in [0, 0.1) is 6.92 Å². The number of rotatable bonds is 2. The molecule has 0 spiro atoms. The second kappa shape index (κ2) is 5.19. The first-order valence-electron chi connectivity index (χ1n) is 5.53. The van der Waals surface area contributed by atoms with E-state index in [1.54, 1.807) is 0 Å². The monoisotopic (exact) mass is 312 g/mol. The summed E-state index contributed by atoms with van der Waals surface area (Å²) in [4.78, 5) is 23.4. The number of aromatic hydroxyl groups is 1. The van der Waals surface area contributed by atoms with E-state index in [1.807, 2.05) is 0 Å². The van der Waals surface area contributed by atoms with Gasteiger partial charge in [-0.3, -0.25) is 9.59 Å². The number of benzene rings is 1. The summed E-state index contributed by atoms with van der Waals surface area (Å²) in [5.74, 6) is -1.38. The van der Waals surface area contributed by atoms with Crippen molar-refractivity contribution in [1.82, 2.24) is 4.57 Å². The number of carbonyl (C=O) groups is 1. The largest absolute Gasteiger partial charge is 0.494 e. The van der Waals surface area contributed by atoms with Crippen LogP contribution >= 0.6 is 23.2 Å². The Balaban J connectivity index is 2.84. The highest BCUT2D eigenvalue weighted by molar-refractivity contribution is 6.35. The van der Waals surface area contributed by atoms with Crippen molar-refractivity contribution in [3.63, 3.8) is 0 Å². The van der Waals surface area contributed by atoms with Crippen LogP contribution in [0.4, 0.5) is 0 Å². The number of hydrogen-bond donors (Lipinski definition) is 2. The molecule has 1 heterocycles. The van der Waals surface area contributed by atoms with Crippen LogP contribution in [0.25, 0.3) is 5.69 Å². The normalized spacial score (nSPS) is 10.6. The second-order valence-corrected chi connectivity index (χ2v) is 5.00. The van der Waals surface area contributed by atoms with Crippen LogP contribution in [-0.2, 0) is 0 Å². The average molecular weight is 313 g/mol. The number of hydrogen-bond acceptors (Lipinski definition) is 3. The van der Waals surface area contributed by atoms with Gasteiger partial charge < -0.3 is 10.8 Å². The summed E-state index contributed by atoms with van der Waals surface area (Å²) >= 11 is 11.8. The Kier molecular flexibility index (Phi) is 3.74. The first kappa shape index (κ1) is 14.4. The van der Waals surface area contributed by atoms with E-state index in [0.717, 1.165) is 4.57 Å². The lowest BCUT2D eigenvalue weighted by molar-refractivity contribution is 0.0996. The van der Waals surface area contributed by atoms with Crippen LogP contribution < -0.4 is 11.3 Å². The molecule has 1 aromatic carbocycles. The molecule has 104 valence electrons. The zero-order valence-corrected chi connectivity index (χ0v) is 11.9. The molecule has 3 N–H and O–H groups in total. The lowest BCUT2D eigenvalue weighted by atomic mass is 10.1. The number of carbonyl (C=O) groups excluding carboxylic acids is 1. The first-order chi connectivity index (χ1) is 9.32. The van der Waals surface area contributed by atoms with Crippen LogP contribution in [0.1, 0.15) is 15.9 Å². The van der Waals surface area contributed by atoms with Crippen molar-refractivity contribution in [2.24, 2.45) is 5.73 Å². The van der Waals surface area contributed by atoms with Gasteiger partial charge in [0.25, 0.3) is 11.5 Å². The Morgan fingerprint density at radius 2 is 1.95 bits per heavy atom. The predicted octanol–water partition coefficient (Wildman–Crippen LogP) is 2.26. The summed E-state index contributed by atoms with van der Waals surface area (Å²) in [7, 11) is 0. The molecule has 7 heteroatoms. The van der Waals surface area contributed by atoms with Gasteiger partial charge in [0.2, 0.25) is 5.88 Å². The van der Waals surface area contributed by atoms with Gasteiger partial charge in [-0.25, -0.2) is 4.57 Å². The zero-order valence-electron chi connectivity index (χ0n) is 10.4. The molecular weight excluding hydrogens is 303 g/mol. The van der Waals surface area contributed by atoms with Gasteiger partial charge in [0.15, 0.2) is 0 Å². The Morgan fingerprint density at radius 1 is 1.30 bits per heavy atom. The fourth-order valence-electron chi connectivity index (χ4n) is 1.91. The number of primary amides is 1. The number of halogens is 2. The minimum Gasteiger partial charge on any atom is -0.494 e. The third kappa shape index (κ3) is 2.37. The van der Waals surface area contributed by atoms with Crippen molar-refractivity contribution >= 4 is 29.1 Å². The SMILES string of the molecule is Cc1cc(=O)n(-c2ccc(Cl)cc2Cl)c(O)c1C(N)=O. The Morgan fingerprint density at radius 3 is 2.50 bits per heavy atom. The molecule has 0 fully saturated rings. The molecular formula is C13H10Cl2N2O3. The molecule has 0 atom stereocenters. The molecule has 5 nitrogen and oxygen atoms in total. The molecule has 0 unspecified atom stereocenters. The molecule has 0 aliphatic rings. The number of nitrogens with zero attached hydrogens (tertiary/aromatic N) is 1. The molecule has 20 heavy (non-hydrogen) atoms. The van der Waals surface area contributed by atoms with Crippen molar-refractivity contribution in [2.75, 3.05) is 0 Å². The first-order valence-corrected chi connectivity index (χ1v) is 6.29. The van der Waals surface area contributed by atoms with Crippen LogP contribution in [0.5, 0.6) is 5.88 Å². The highest BCUT2D eigenvalue weighted by atomic mass is 35.5. The van der Waals surface area contributed by atoms with Crippen molar-refractivity contribution in [2.45, 2.75) is 6.92 Å². The van der Waals surface area contributed by atoms with E-state index in [1.165, 1.54) is 31.2 Å². The van der Waals surface area contributed by atoms with Crippen molar-refractivity contribution in [3.8, 4) is 11.6 Å². The Hall–Kier alpha value is -1.98. The topological polar surface area (TPSA) is 85.3 Å². The summed E-state index contributed by atoms with van der Waals surface area (Å²) in [5.41, 5.74) is 5.05. The number of pyridine rings is 1. The van der Waals surface area contributed by atoms with Gasteiger partial charge in [0, 0.05) is 11.1 Å². The molecule has 0 aliphatic carbocycles. The van der Waals surface area contributed by atoms with E-state index >= 15 is 0 Å². The van der Waals surface area contributed by atoms with Gasteiger partial charge in [0.1, 0.15) is 5.56 Å². The summed E-state index contributed by atoms with van der Waals surface area (Å²) in [5, 5.41) is 10.7. The molecule has 0 aliphatic heterocycles. The van der Waals surface area contributed by atoms with Gasteiger partial charge in [-0.15, -0.1) is 0 Å². The fraction of sp³-hybridized carbons (Fsp3) is 0.0769. The standard InChI is InChI=1S/C13H10Cl2N2O3/c1-6-4-10(18)17(13(20)11(6)12(16)19)9-3-2-7(14)5-8(9)15/h2-5,20H,1H3,(H2,16,19). The Bertz CT molecular complexity index is 769. The minimum absolute atomic E-state index is 0.129. The van der Waals surface area contributed by atoms with E-state index in [-0.39, 0.29) is 16.3 Å². The molecule has 0 saturated heterocycles. The lowest BCUT2D eigenvalue weighted by Gasteiger charge is -2.14. The summed E-state index contributed by atoms with van der Waals surface area (Å²) in [6.45, 7) is 1.51. The van der Waals surface area contributed by atoms with Gasteiger partial charge in [0.05, 0.1) is 10.7 Å². The maximum atomic E-state index is 12.0. The predicted molar refractivity (Wildman–Crippen MR) is 77.0 cm³/mol. The third-order valence-electron chi connectivity index (χ3n) is 2.79. The number of aromatic nitrogens is 1. The molecule has 0 bridgehead atoms. The van der Waals surface area contributed by atoms with Gasteiger partial charge in [-0.1, -0.05) is 23.2 Å². The van der Waals surface area contributed by atoms with Crippen molar-refractivity contribution in [3.05, 3.63) is 55.8 Å². The average Bonchev–Trinajstić information content (AvgIpc) is 2.30. The highest BCUT2D eigenvalue weighted by Crippen LogP contribution is 2.28. The van der Waals surface area contributed by atoms with E-state index in [2.05, 4.69) is 0 Å². The van der Waals surface area contributed by atoms with E-state index < -0.39 is 17.3 Å².